The van der Waals surface area contributed by atoms with Crippen molar-refractivity contribution < 1.29 is 17.9 Å². The summed E-state index contributed by atoms with van der Waals surface area (Å²) in [6, 6.07) is 9.82. The minimum Gasteiger partial charge on any atom is -0.456 e. The van der Waals surface area contributed by atoms with Gasteiger partial charge in [0, 0.05) is 18.0 Å². The van der Waals surface area contributed by atoms with Crippen LogP contribution in [0.25, 0.3) is 0 Å². The molecule has 1 saturated heterocycles. The van der Waals surface area contributed by atoms with E-state index in [4.69, 9.17) is 4.74 Å². The second kappa shape index (κ2) is 6.82. The number of hydrogen-bond donors (Lipinski definition) is 0. The number of nitrogens with zero attached hydrogens (tertiary/aromatic N) is 1. The van der Waals surface area contributed by atoms with Crippen molar-refractivity contribution in [2.75, 3.05) is 13.1 Å². The van der Waals surface area contributed by atoms with Crippen molar-refractivity contribution in [1.82, 2.24) is 4.31 Å². The van der Waals surface area contributed by atoms with Crippen molar-refractivity contribution in [2.45, 2.75) is 24.3 Å². The van der Waals surface area contributed by atoms with E-state index in [1.54, 1.807) is 12.1 Å². The van der Waals surface area contributed by atoms with Gasteiger partial charge >= 0.3 is 5.97 Å². The van der Waals surface area contributed by atoms with Gasteiger partial charge in [0.25, 0.3) is 0 Å². The number of carbonyl (C=O) groups is 1. The Morgan fingerprint density at radius 3 is 2.65 bits per heavy atom. The molecule has 0 saturated carbocycles. The molecule has 5 nitrogen and oxygen atoms in total. The third-order valence-corrected chi connectivity index (χ3v) is 6.44. The van der Waals surface area contributed by atoms with Crippen molar-refractivity contribution >= 4 is 27.3 Å². The van der Waals surface area contributed by atoms with Gasteiger partial charge in [-0.3, -0.25) is 0 Å². The molecule has 23 heavy (non-hydrogen) atoms. The zero-order valence-corrected chi connectivity index (χ0v) is 14.1. The predicted molar refractivity (Wildman–Crippen MR) is 87.9 cm³/mol. The summed E-state index contributed by atoms with van der Waals surface area (Å²) in [5.41, 5.74) is 0.252. The molecular weight excluding hydrogens is 334 g/mol. The molecule has 0 radical (unpaired) electrons. The maximum absolute atomic E-state index is 12.5. The zero-order valence-electron chi connectivity index (χ0n) is 12.5. The number of benzene rings is 1. The summed E-state index contributed by atoms with van der Waals surface area (Å²) in [6.07, 6.45) is 1.75. The van der Waals surface area contributed by atoms with E-state index in [-0.39, 0.29) is 17.1 Å². The van der Waals surface area contributed by atoms with Crippen LogP contribution < -0.4 is 0 Å². The van der Waals surface area contributed by atoms with Crippen molar-refractivity contribution in [3.63, 3.8) is 0 Å². The molecule has 7 heteroatoms. The molecule has 0 bridgehead atoms. The van der Waals surface area contributed by atoms with Crippen LogP contribution in [-0.4, -0.2) is 31.8 Å². The second-order valence-corrected chi connectivity index (χ2v) is 8.26. The fourth-order valence-corrected chi connectivity index (χ4v) is 4.66. The topological polar surface area (TPSA) is 63.7 Å². The van der Waals surface area contributed by atoms with Crippen LogP contribution in [0.4, 0.5) is 0 Å². The van der Waals surface area contributed by atoms with Crippen molar-refractivity contribution in [3.8, 4) is 0 Å². The first-order valence-corrected chi connectivity index (χ1v) is 9.69. The summed E-state index contributed by atoms with van der Waals surface area (Å²) in [7, 11) is -3.53. The van der Waals surface area contributed by atoms with Crippen LogP contribution in [0.1, 0.15) is 28.1 Å². The molecule has 1 aliphatic heterocycles. The number of rotatable bonds is 5. The predicted octanol–water partition coefficient (Wildman–Crippen LogP) is 2.89. The van der Waals surface area contributed by atoms with Crippen LogP contribution in [-0.2, 0) is 21.4 Å². The number of ether oxygens (including phenoxy) is 1. The fraction of sp³-hybridized carbons (Fsp3) is 0.312. The summed E-state index contributed by atoms with van der Waals surface area (Å²) in [4.78, 5) is 13.2. The molecular formula is C16H17NO4S2. The molecule has 0 atom stereocenters. The van der Waals surface area contributed by atoms with Gasteiger partial charge in [-0.25, -0.2) is 13.2 Å². The van der Waals surface area contributed by atoms with Crippen LogP contribution in [0.3, 0.4) is 0 Å². The van der Waals surface area contributed by atoms with Crippen LogP contribution >= 0.6 is 11.3 Å². The average molecular weight is 351 g/mol. The molecule has 0 N–H and O–H groups in total. The minimum absolute atomic E-state index is 0.143. The van der Waals surface area contributed by atoms with Crippen molar-refractivity contribution in [1.29, 1.82) is 0 Å². The normalized spacial score (nSPS) is 15.7. The third-order valence-electron chi connectivity index (χ3n) is 3.70. The van der Waals surface area contributed by atoms with Gasteiger partial charge in [0.1, 0.15) is 6.61 Å². The standard InChI is InChI=1S/C16H17NO4S2/c18-16(21-12-14-6-4-10-22-14)13-5-3-7-15(11-13)23(19,20)17-8-1-2-9-17/h3-7,10-11H,1-2,8-9,12H2. The monoisotopic (exact) mass is 351 g/mol. The summed E-state index contributed by atoms with van der Waals surface area (Å²) < 4.78 is 31.7. The van der Waals surface area contributed by atoms with Gasteiger partial charge in [0.15, 0.2) is 0 Å². The number of thiophene rings is 1. The highest BCUT2D eigenvalue weighted by Gasteiger charge is 2.27. The summed E-state index contributed by atoms with van der Waals surface area (Å²) in [5, 5.41) is 1.91. The van der Waals surface area contributed by atoms with Gasteiger partial charge in [-0.2, -0.15) is 4.31 Å². The van der Waals surface area contributed by atoms with E-state index < -0.39 is 16.0 Å². The lowest BCUT2D eigenvalue weighted by Crippen LogP contribution is -2.28. The quantitative estimate of drug-likeness (QED) is 0.777. The first-order chi connectivity index (χ1) is 11.1. The van der Waals surface area contributed by atoms with E-state index in [0.717, 1.165) is 17.7 Å². The number of esters is 1. The van der Waals surface area contributed by atoms with Crippen LogP contribution in [0.2, 0.25) is 0 Å². The van der Waals surface area contributed by atoms with Gasteiger partial charge in [0.2, 0.25) is 10.0 Å². The SMILES string of the molecule is O=C(OCc1cccs1)c1cccc(S(=O)(=O)N2CCCC2)c1. The Hall–Kier alpha value is -1.70. The molecule has 0 aliphatic carbocycles. The largest absolute Gasteiger partial charge is 0.456 e. The van der Waals surface area contributed by atoms with E-state index in [9.17, 15) is 13.2 Å². The summed E-state index contributed by atoms with van der Waals surface area (Å²) in [6.45, 7) is 1.27. The first kappa shape index (κ1) is 16.2. The molecule has 1 fully saturated rings. The molecule has 1 aliphatic rings. The Bertz CT molecular complexity index is 778. The third kappa shape index (κ3) is 3.63. The zero-order chi connectivity index (χ0) is 16.3. The fourth-order valence-electron chi connectivity index (χ4n) is 2.48. The van der Waals surface area contributed by atoms with Gasteiger partial charge in [-0.1, -0.05) is 12.1 Å². The Morgan fingerprint density at radius 2 is 1.96 bits per heavy atom. The van der Waals surface area contributed by atoms with Crippen LogP contribution in [0.15, 0.2) is 46.7 Å². The molecule has 2 aromatic rings. The van der Waals surface area contributed by atoms with Gasteiger partial charge in [-0.05, 0) is 42.5 Å². The first-order valence-electron chi connectivity index (χ1n) is 7.37. The highest BCUT2D eigenvalue weighted by molar-refractivity contribution is 7.89. The maximum Gasteiger partial charge on any atom is 0.338 e. The van der Waals surface area contributed by atoms with Crippen LogP contribution in [0.5, 0.6) is 0 Å². The van der Waals surface area contributed by atoms with E-state index in [0.29, 0.717) is 13.1 Å². The molecule has 3 rings (SSSR count). The molecule has 0 spiro atoms. The Balaban J connectivity index is 1.75. The van der Waals surface area contributed by atoms with E-state index in [1.165, 1.54) is 27.8 Å². The number of sulfonamides is 1. The summed E-state index contributed by atoms with van der Waals surface area (Å²) in [5.74, 6) is -0.517. The molecule has 122 valence electrons. The van der Waals surface area contributed by atoms with Crippen molar-refractivity contribution in [3.05, 3.63) is 52.2 Å². The Morgan fingerprint density at radius 1 is 1.17 bits per heavy atom. The lowest BCUT2D eigenvalue weighted by molar-refractivity contribution is 0.0476. The molecule has 2 heterocycles. The molecule has 1 aromatic heterocycles. The van der Waals surface area contributed by atoms with Gasteiger partial charge in [-0.15, -0.1) is 11.3 Å². The Kier molecular flexibility index (Phi) is 4.79. The van der Waals surface area contributed by atoms with E-state index in [2.05, 4.69) is 0 Å². The average Bonchev–Trinajstić information content (AvgIpc) is 3.26. The number of hydrogen-bond acceptors (Lipinski definition) is 5. The van der Waals surface area contributed by atoms with Gasteiger partial charge < -0.3 is 4.74 Å². The molecule has 0 amide bonds. The molecule has 1 aromatic carbocycles. The molecule has 0 unspecified atom stereocenters. The Labute approximate surface area is 139 Å². The maximum atomic E-state index is 12.5. The lowest BCUT2D eigenvalue weighted by atomic mass is 10.2. The van der Waals surface area contributed by atoms with Crippen molar-refractivity contribution in [2.24, 2.45) is 0 Å². The highest BCUT2D eigenvalue weighted by atomic mass is 32.2. The smallest absolute Gasteiger partial charge is 0.338 e. The van der Waals surface area contributed by atoms with E-state index in [1.807, 2.05) is 17.5 Å². The second-order valence-electron chi connectivity index (χ2n) is 5.29. The lowest BCUT2D eigenvalue weighted by Gasteiger charge is -2.15. The summed E-state index contributed by atoms with van der Waals surface area (Å²) >= 11 is 1.50. The highest BCUT2D eigenvalue weighted by Crippen LogP contribution is 2.22. The van der Waals surface area contributed by atoms with Gasteiger partial charge in [0.05, 0.1) is 10.5 Å². The minimum atomic E-state index is -3.53. The van der Waals surface area contributed by atoms with Crippen LogP contribution in [0, 0.1) is 0 Å². The van der Waals surface area contributed by atoms with E-state index >= 15 is 0 Å². The number of carbonyl (C=O) groups excluding carboxylic acids is 1.